The number of methoxy groups -OCH3 is 4. The molecular formula is C23H24O8. The van der Waals surface area contributed by atoms with Gasteiger partial charge in [0.05, 0.1) is 41.0 Å². The molecule has 1 fully saturated rings. The van der Waals surface area contributed by atoms with Gasteiger partial charge in [0.15, 0.2) is 23.0 Å². The fourth-order valence-corrected chi connectivity index (χ4v) is 4.92. The van der Waals surface area contributed by atoms with E-state index in [1.165, 1.54) is 0 Å². The molecule has 0 unspecified atom stereocenters. The quantitative estimate of drug-likeness (QED) is 0.673. The third kappa shape index (κ3) is 2.85. The maximum absolute atomic E-state index is 12.4. The normalized spacial score (nSPS) is 20.6. The van der Waals surface area contributed by atoms with Crippen molar-refractivity contribution in [2.45, 2.75) is 12.8 Å². The van der Waals surface area contributed by atoms with Crippen molar-refractivity contribution in [3.63, 3.8) is 0 Å². The SMILES string of the molecule is COc1cc(-c2c3c(c(OC)c4c2OCO4)C[C@@H]2COC(=O)[C@@H]2C3)cc(OC)c1OC. The lowest BCUT2D eigenvalue weighted by Crippen LogP contribution is -2.27. The second-order valence-electron chi connectivity index (χ2n) is 7.75. The highest BCUT2D eigenvalue weighted by Crippen LogP contribution is 2.56. The smallest absolute Gasteiger partial charge is 0.309 e. The molecule has 0 spiro atoms. The zero-order valence-corrected chi connectivity index (χ0v) is 17.9. The molecule has 0 aromatic heterocycles. The van der Waals surface area contributed by atoms with Crippen LogP contribution in [-0.4, -0.2) is 47.8 Å². The number of hydrogen-bond donors (Lipinski definition) is 0. The summed E-state index contributed by atoms with van der Waals surface area (Å²) in [6.07, 6.45) is 1.21. The number of cyclic esters (lactones) is 1. The molecule has 2 aliphatic heterocycles. The van der Waals surface area contributed by atoms with E-state index in [9.17, 15) is 4.79 Å². The van der Waals surface area contributed by atoms with Crippen LogP contribution >= 0.6 is 0 Å². The highest BCUT2D eigenvalue weighted by Gasteiger charge is 2.44. The fourth-order valence-electron chi connectivity index (χ4n) is 4.92. The maximum Gasteiger partial charge on any atom is 0.309 e. The van der Waals surface area contributed by atoms with Crippen LogP contribution in [0.25, 0.3) is 11.1 Å². The molecule has 8 nitrogen and oxygen atoms in total. The van der Waals surface area contributed by atoms with Gasteiger partial charge in [-0.1, -0.05) is 0 Å². The summed E-state index contributed by atoms with van der Waals surface area (Å²) in [5.41, 5.74) is 3.69. The Bertz CT molecular complexity index is 1040. The average molecular weight is 428 g/mol. The number of rotatable bonds is 5. The standard InChI is InChI=1S/C23H24O8/c1-25-16-6-11(7-17(26-2)20(16)28-4)18-14-8-13-12(9-29-23(13)24)5-15(14)19(27-3)22-21(18)30-10-31-22/h6-7,12-13H,5,8-10H2,1-4H3/t12-,13-/m1/s1. The molecule has 0 amide bonds. The summed E-state index contributed by atoms with van der Waals surface area (Å²) in [6.45, 7) is 0.529. The Morgan fingerprint density at radius 2 is 1.48 bits per heavy atom. The molecule has 0 bridgehead atoms. The van der Waals surface area contributed by atoms with Crippen molar-refractivity contribution in [1.29, 1.82) is 0 Å². The first-order valence-corrected chi connectivity index (χ1v) is 10.1. The van der Waals surface area contributed by atoms with Crippen LogP contribution in [-0.2, 0) is 22.4 Å². The fraction of sp³-hybridized carbons (Fsp3) is 0.435. The van der Waals surface area contributed by atoms with E-state index in [1.54, 1.807) is 28.4 Å². The van der Waals surface area contributed by atoms with Crippen molar-refractivity contribution >= 4 is 5.97 Å². The number of fused-ring (bicyclic) bond motifs is 3. The molecule has 2 atom stereocenters. The number of carbonyl (C=O) groups excluding carboxylic acids is 1. The molecule has 2 heterocycles. The maximum atomic E-state index is 12.4. The molecule has 5 rings (SSSR count). The summed E-state index contributed by atoms with van der Waals surface area (Å²) >= 11 is 0. The predicted octanol–water partition coefficient (Wildman–Crippen LogP) is 3.00. The zero-order chi connectivity index (χ0) is 21.7. The van der Waals surface area contributed by atoms with E-state index >= 15 is 0 Å². The van der Waals surface area contributed by atoms with E-state index < -0.39 is 0 Å². The van der Waals surface area contributed by atoms with Crippen LogP contribution in [0.5, 0.6) is 34.5 Å². The van der Waals surface area contributed by atoms with Crippen LogP contribution < -0.4 is 28.4 Å². The van der Waals surface area contributed by atoms with Gasteiger partial charge in [-0.05, 0) is 36.1 Å². The van der Waals surface area contributed by atoms with E-state index in [-0.39, 0.29) is 24.6 Å². The summed E-state index contributed by atoms with van der Waals surface area (Å²) in [4.78, 5) is 12.4. The highest BCUT2D eigenvalue weighted by molar-refractivity contribution is 5.86. The summed E-state index contributed by atoms with van der Waals surface area (Å²) in [5.74, 6) is 3.19. The summed E-state index contributed by atoms with van der Waals surface area (Å²) in [6, 6.07) is 3.76. The van der Waals surface area contributed by atoms with E-state index in [4.69, 9.17) is 33.2 Å². The van der Waals surface area contributed by atoms with Gasteiger partial charge >= 0.3 is 5.97 Å². The van der Waals surface area contributed by atoms with Crippen molar-refractivity contribution < 1.29 is 38.0 Å². The summed E-state index contributed by atoms with van der Waals surface area (Å²) < 4.78 is 39.4. The molecule has 164 valence electrons. The van der Waals surface area contributed by atoms with Gasteiger partial charge in [0, 0.05) is 17.0 Å². The Kier molecular flexibility index (Phi) is 4.72. The summed E-state index contributed by atoms with van der Waals surface area (Å²) in [5, 5.41) is 0. The van der Waals surface area contributed by atoms with Crippen LogP contribution in [0.1, 0.15) is 11.1 Å². The molecule has 1 aliphatic carbocycles. The number of carbonyl (C=O) groups is 1. The number of hydrogen-bond acceptors (Lipinski definition) is 8. The Morgan fingerprint density at radius 3 is 2.13 bits per heavy atom. The number of esters is 1. The van der Waals surface area contributed by atoms with Crippen LogP contribution in [0.15, 0.2) is 12.1 Å². The zero-order valence-electron chi connectivity index (χ0n) is 17.9. The average Bonchev–Trinajstić information content (AvgIpc) is 3.42. The van der Waals surface area contributed by atoms with Crippen molar-refractivity contribution in [3.05, 3.63) is 23.3 Å². The van der Waals surface area contributed by atoms with Crippen LogP contribution in [0, 0.1) is 11.8 Å². The second kappa shape index (κ2) is 7.44. The second-order valence-corrected chi connectivity index (χ2v) is 7.75. The van der Waals surface area contributed by atoms with E-state index in [1.807, 2.05) is 12.1 Å². The van der Waals surface area contributed by atoms with Gasteiger partial charge in [-0.2, -0.15) is 0 Å². The van der Waals surface area contributed by atoms with E-state index in [2.05, 4.69) is 0 Å². The lowest BCUT2D eigenvalue weighted by molar-refractivity contribution is -0.141. The molecular weight excluding hydrogens is 404 g/mol. The van der Waals surface area contributed by atoms with Gasteiger partial charge in [0.25, 0.3) is 0 Å². The molecule has 2 aromatic carbocycles. The molecule has 8 heteroatoms. The first-order valence-electron chi connectivity index (χ1n) is 10.1. The minimum atomic E-state index is -0.182. The largest absolute Gasteiger partial charge is 0.493 e. The van der Waals surface area contributed by atoms with Gasteiger partial charge in [-0.25, -0.2) is 0 Å². The minimum absolute atomic E-state index is 0.0981. The van der Waals surface area contributed by atoms with Crippen molar-refractivity contribution in [2.75, 3.05) is 41.8 Å². The lowest BCUT2D eigenvalue weighted by atomic mass is 9.74. The van der Waals surface area contributed by atoms with Crippen LogP contribution in [0.2, 0.25) is 0 Å². The van der Waals surface area contributed by atoms with Gasteiger partial charge < -0.3 is 33.2 Å². The third-order valence-corrected chi connectivity index (χ3v) is 6.35. The van der Waals surface area contributed by atoms with Crippen LogP contribution in [0.3, 0.4) is 0 Å². The lowest BCUT2D eigenvalue weighted by Gasteiger charge is -2.29. The Labute approximate surface area is 179 Å². The molecule has 0 N–H and O–H groups in total. The van der Waals surface area contributed by atoms with Gasteiger partial charge in [0.1, 0.15) is 0 Å². The van der Waals surface area contributed by atoms with Gasteiger partial charge in [-0.3, -0.25) is 4.79 Å². The van der Waals surface area contributed by atoms with Crippen molar-refractivity contribution in [2.24, 2.45) is 11.8 Å². The first-order chi connectivity index (χ1) is 15.1. The molecule has 1 saturated heterocycles. The molecule has 0 saturated carbocycles. The van der Waals surface area contributed by atoms with Crippen molar-refractivity contribution in [1.82, 2.24) is 0 Å². The highest BCUT2D eigenvalue weighted by atomic mass is 16.7. The molecule has 2 aromatic rings. The molecule has 0 radical (unpaired) electrons. The van der Waals surface area contributed by atoms with E-state index in [0.29, 0.717) is 53.9 Å². The van der Waals surface area contributed by atoms with Crippen LogP contribution in [0.4, 0.5) is 0 Å². The van der Waals surface area contributed by atoms with Gasteiger partial charge in [0.2, 0.25) is 18.3 Å². The first kappa shape index (κ1) is 19.7. The Balaban J connectivity index is 1.78. The van der Waals surface area contributed by atoms with Gasteiger partial charge in [-0.15, -0.1) is 0 Å². The summed E-state index contributed by atoms with van der Waals surface area (Å²) in [7, 11) is 6.34. The Hall–Kier alpha value is -3.29. The van der Waals surface area contributed by atoms with E-state index in [0.717, 1.165) is 22.3 Å². The number of benzene rings is 2. The Morgan fingerprint density at radius 1 is 0.806 bits per heavy atom. The van der Waals surface area contributed by atoms with Crippen molar-refractivity contribution in [3.8, 4) is 45.6 Å². The minimum Gasteiger partial charge on any atom is -0.493 e. The third-order valence-electron chi connectivity index (χ3n) is 6.35. The monoisotopic (exact) mass is 428 g/mol. The topological polar surface area (TPSA) is 81.7 Å². The number of ether oxygens (including phenoxy) is 7. The molecule has 31 heavy (non-hydrogen) atoms. The predicted molar refractivity (Wildman–Crippen MR) is 110 cm³/mol. The molecule has 3 aliphatic rings.